The van der Waals surface area contributed by atoms with Crippen molar-refractivity contribution in [1.82, 2.24) is 10.2 Å². The number of amides is 2. The molecule has 0 spiro atoms. The molecule has 0 fully saturated rings. The van der Waals surface area contributed by atoms with Crippen LogP contribution in [0.5, 0.6) is 0 Å². The molecule has 1 aromatic heterocycles. The Morgan fingerprint density at radius 3 is 3.06 bits per heavy atom. The largest absolute Gasteiger partial charge is 0.392 e. The Hall–Kier alpha value is -1.47. The van der Waals surface area contributed by atoms with Crippen molar-refractivity contribution in [1.29, 1.82) is 0 Å². The topological polar surface area (TPSA) is 75.4 Å². The van der Waals surface area contributed by atoms with Crippen LogP contribution in [0.3, 0.4) is 0 Å². The van der Waals surface area contributed by atoms with Crippen LogP contribution < -0.4 is 11.1 Å². The number of carbonyl (C=O) groups excluding carboxylic acids is 2. The molecular formula is C11H13N3O2S2. The lowest BCUT2D eigenvalue weighted by Gasteiger charge is -2.26. The van der Waals surface area contributed by atoms with Crippen LogP contribution in [0, 0.1) is 0 Å². The first-order valence-corrected chi connectivity index (χ1v) is 6.77. The zero-order valence-corrected chi connectivity index (χ0v) is 11.3. The summed E-state index contributed by atoms with van der Waals surface area (Å²) in [6.45, 7) is 1.13. The fraction of sp³-hybridized carbons (Fsp3) is 0.364. The van der Waals surface area contributed by atoms with Crippen molar-refractivity contribution in [3.63, 3.8) is 0 Å². The van der Waals surface area contributed by atoms with Crippen molar-refractivity contribution >= 4 is 40.4 Å². The maximum Gasteiger partial charge on any atom is 0.312 e. The molecule has 2 rings (SSSR count). The van der Waals surface area contributed by atoms with Gasteiger partial charge in [-0.05, 0) is 23.4 Å². The second-order valence-electron chi connectivity index (χ2n) is 3.99. The predicted octanol–water partition coefficient (Wildman–Crippen LogP) is 0.0351. The number of nitrogens with zero attached hydrogens (tertiary/aromatic N) is 1. The number of fused-ring (bicyclic) bond motifs is 1. The van der Waals surface area contributed by atoms with E-state index in [2.05, 4.69) is 17.5 Å². The van der Waals surface area contributed by atoms with Crippen molar-refractivity contribution in [3.8, 4) is 0 Å². The first-order chi connectivity index (χ1) is 8.58. The van der Waals surface area contributed by atoms with Crippen LogP contribution in [0.15, 0.2) is 11.4 Å². The molecule has 0 unspecified atom stereocenters. The average molecular weight is 283 g/mol. The number of thiophene rings is 1. The minimum atomic E-state index is -0.651. The number of hydrogen-bond acceptors (Lipinski definition) is 4. The molecule has 96 valence electrons. The van der Waals surface area contributed by atoms with E-state index >= 15 is 0 Å². The number of nitrogens with two attached hydrogens (primary N) is 1. The van der Waals surface area contributed by atoms with E-state index in [1.807, 2.05) is 11.4 Å². The molecule has 5 nitrogen and oxygen atoms in total. The Balaban J connectivity index is 1.95. The molecule has 1 aromatic rings. The van der Waals surface area contributed by atoms with Crippen molar-refractivity contribution in [3.05, 3.63) is 21.9 Å². The van der Waals surface area contributed by atoms with Crippen LogP contribution in [-0.2, 0) is 22.6 Å². The molecule has 0 saturated heterocycles. The zero-order chi connectivity index (χ0) is 13.1. The molecule has 0 radical (unpaired) electrons. The first-order valence-electron chi connectivity index (χ1n) is 5.48. The van der Waals surface area contributed by atoms with Gasteiger partial charge in [-0.3, -0.25) is 9.59 Å². The monoisotopic (exact) mass is 283 g/mol. The van der Waals surface area contributed by atoms with E-state index in [1.165, 1.54) is 4.88 Å². The summed E-state index contributed by atoms with van der Waals surface area (Å²) < 4.78 is 0. The molecule has 0 atom stereocenters. The summed E-state index contributed by atoms with van der Waals surface area (Å²) in [5.74, 6) is -1.18. The molecule has 0 aliphatic carbocycles. The van der Waals surface area contributed by atoms with Gasteiger partial charge in [-0.1, -0.05) is 12.2 Å². The number of rotatable bonds is 2. The lowest BCUT2D eigenvalue weighted by Crippen LogP contribution is -2.46. The lowest BCUT2D eigenvalue weighted by atomic mass is 10.1. The van der Waals surface area contributed by atoms with E-state index in [4.69, 9.17) is 5.73 Å². The van der Waals surface area contributed by atoms with Gasteiger partial charge in [-0.25, -0.2) is 0 Å². The molecule has 2 amide bonds. The minimum absolute atomic E-state index is 0.0530. The highest BCUT2D eigenvalue weighted by atomic mass is 32.1. The summed E-state index contributed by atoms with van der Waals surface area (Å²) in [5, 5.41) is 4.41. The van der Waals surface area contributed by atoms with Crippen molar-refractivity contribution in [2.75, 3.05) is 13.1 Å². The van der Waals surface area contributed by atoms with Gasteiger partial charge >= 0.3 is 11.8 Å². The molecule has 3 N–H and O–H groups in total. The summed E-state index contributed by atoms with van der Waals surface area (Å²) in [6, 6.07) is 1.99. The quantitative estimate of drug-likeness (QED) is 0.593. The summed E-state index contributed by atoms with van der Waals surface area (Å²) in [4.78, 5) is 26.5. The average Bonchev–Trinajstić information content (AvgIpc) is 2.81. The maximum atomic E-state index is 11.9. The first kappa shape index (κ1) is 13.0. The number of carbonyl (C=O) groups is 2. The highest BCUT2D eigenvalue weighted by Crippen LogP contribution is 2.23. The highest BCUT2D eigenvalue weighted by Gasteiger charge is 2.25. The summed E-state index contributed by atoms with van der Waals surface area (Å²) >= 11 is 6.33. The summed E-state index contributed by atoms with van der Waals surface area (Å²) in [6.07, 6.45) is 0.807. The van der Waals surface area contributed by atoms with Gasteiger partial charge in [-0.2, -0.15) is 0 Å². The van der Waals surface area contributed by atoms with Gasteiger partial charge in [0.05, 0.1) is 11.5 Å². The minimum Gasteiger partial charge on any atom is -0.392 e. The Morgan fingerprint density at radius 2 is 2.33 bits per heavy atom. The highest BCUT2D eigenvalue weighted by molar-refractivity contribution is 7.80. The van der Waals surface area contributed by atoms with E-state index in [-0.39, 0.29) is 11.5 Å². The smallest absolute Gasteiger partial charge is 0.312 e. The van der Waals surface area contributed by atoms with Gasteiger partial charge in [0.15, 0.2) is 0 Å². The van der Waals surface area contributed by atoms with Crippen LogP contribution in [0.2, 0.25) is 0 Å². The van der Waals surface area contributed by atoms with Gasteiger partial charge in [-0.15, -0.1) is 11.3 Å². The molecule has 0 bridgehead atoms. The van der Waals surface area contributed by atoms with E-state index in [9.17, 15) is 9.59 Å². The Morgan fingerprint density at radius 1 is 1.56 bits per heavy atom. The van der Waals surface area contributed by atoms with Crippen LogP contribution in [0.4, 0.5) is 0 Å². The van der Waals surface area contributed by atoms with Crippen LogP contribution >= 0.6 is 23.6 Å². The molecule has 0 saturated carbocycles. The van der Waals surface area contributed by atoms with Gasteiger partial charge < -0.3 is 16.0 Å². The fourth-order valence-electron chi connectivity index (χ4n) is 1.81. The maximum absolute atomic E-state index is 11.9. The van der Waals surface area contributed by atoms with Crippen LogP contribution in [0.25, 0.3) is 0 Å². The van der Waals surface area contributed by atoms with Gasteiger partial charge in [0.25, 0.3) is 0 Å². The second kappa shape index (κ2) is 5.45. The Kier molecular flexibility index (Phi) is 3.93. The van der Waals surface area contributed by atoms with Gasteiger partial charge in [0, 0.05) is 18.0 Å². The van der Waals surface area contributed by atoms with Crippen molar-refractivity contribution in [2.45, 2.75) is 13.0 Å². The fourth-order valence-corrected chi connectivity index (χ4v) is 2.77. The molecule has 0 aromatic carbocycles. The van der Waals surface area contributed by atoms with E-state index in [0.29, 0.717) is 13.1 Å². The van der Waals surface area contributed by atoms with Crippen molar-refractivity contribution in [2.24, 2.45) is 5.73 Å². The molecule has 1 aliphatic heterocycles. The number of thiocarbonyl (C=S) groups is 1. The standard InChI is InChI=1S/C11H13N3O2S2/c12-9(17)5-13-10(15)11(16)14-3-1-8-7(6-14)2-4-18-8/h2,4H,1,3,5-6H2,(H2,12,17)(H,13,15). The number of nitrogens with one attached hydrogen (secondary N) is 1. The predicted molar refractivity (Wildman–Crippen MR) is 73.2 cm³/mol. The van der Waals surface area contributed by atoms with E-state index < -0.39 is 11.8 Å². The summed E-state index contributed by atoms with van der Waals surface area (Å²) in [5.41, 5.74) is 6.39. The van der Waals surface area contributed by atoms with Gasteiger partial charge in [0.1, 0.15) is 0 Å². The molecule has 2 heterocycles. The van der Waals surface area contributed by atoms with Crippen LogP contribution in [-0.4, -0.2) is 34.8 Å². The molecule has 18 heavy (non-hydrogen) atoms. The molecular weight excluding hydrogens is 270 g/mol. The third-order valence-corrected chi connectivity index (χ3v) is 3.88. The van der Waals surface area contributed by atoms with E-state index in [0.717, 1.165) is 12.0 Å². The second-order valence-corrected chi connectivity index (χ2v) is 5.52. The zero-order valence-electron chi connectivity index (χ0n) is 9.64. The van der Waals surface area contributed by atoms with Crippen LogP contribution in [0.1, 0.15) is 10.4 Å². The number of hydrogen-bond donors (Lipinski definition) is 2. The lowest BCUT2D eigenvalue weighted by molar-refractivity contribution is -0.146. The SMILES string of the molecule is NC(=S)CNC(=O)C(=O)N1CCc2sccc2C1. The molecule has 7 heteroatoms. The normalized spacial score (nSPS) is 13.9. The van der Waals surface area contributed by atoms with Gasteiger partial charge in [0.2, 0.25) is 0 Å². The summed E-state index contributed by atoms with van der Waals surface area (Å²) in [7, 11) is 0. The molecule has 1 aliphatic rings. The van der Waals surface area contributed by atoms with Crippen molar-refractivity contribution < 1.29 is 9.59 Å². The Labute approximate surface area is 114 Å². The Bertz CT molecular complexity index is 498. The third kappa shape index (κ3) is 2.85. The third-order valence-electron chi connectivity index (χ3n) is 2.71. The van der Waals surface area contributed by atoms with E-state index in [1.54, 1.807) is 16.2 Å².